The maximum Gasteiger partial charge on any atom is 0.0604 e. The van der Waals surface area contributed by atoms with Gasteiger partial charge in [-0.1, -0.05) is 112 Å². The Balaban J connectivity index is 1.41. The molecule has 210 valence electrons. The summed E-state index contributed by atoms with van der Waals surface area (Å²) in [4.78, 5) is 2.35. The average molecular weight is 622 g/mol. The second-order valence-corrected chi connectivity index (χ2v) is 12.9. The van der Waals surface area contributed by atoms with Crippen molar-refractivity contribution in [1.82, 2.24) is 4.57 Å². The first kappa shape index (κ1) is 27.2. The predicted molar refractivity (Wildman–Crippen MR) is 187 cm³/mol. The summed E-state index contributed by atoms with van der Waals surface area (Å²) in [5.41, 5.74) is 10.6. The Hall–Kier alpha value is -4.60. The molecule has 0 aliphatic heterocycles. The van der Waals surface area contributed by atoms with E-state index >= 15 is 0 Å². The van der Waals surface area contributed by atoms with Gasteiger partial charge in [-0.2, -0.15) is 0 Å². The molecule has 0 saturated carbocycles. The largest absolute Gasteiger partial charge is 0.309 e. The lowest BCUT2D eigenvalue weighted by molar-refractivity contribution is 0.590. The lowest BCUT2D eigenvalue weighted by atomic mass is 9.87. The Morgan fingerprint density at radius 3 is 1.79 bits per heavy atom. The topological polar surface area (TPSA) is 8.17 Å². The summed E-state index contributed by atoms with van der Waals surface area (Å²) >= 11 is 3.96. The van der Waals surface area contributed by atoms with Crippen LogP contribution in [-0.4, -0.2) is 4.57 Å². The van der Waals surface area contributed by atoms with Crippen LogP contribution in [0.25, 0.3) is 38.6 Å². The van der Waals surface area contributed by atoms with Gasteiger partial charge in [0.25, 0.3) is 0 Å². The minimum atomic E-state index is 0.0811. The fraction of sp³-hybridized carbons (Fsp3) is 0.100. The molecule has 0 radical (unpaired) electrons. The standard InChI is InChI=1S/C40H33BrN2/c1-40(2,3)30-21-23-31(24-22-30)42(39-25-20-29(26-36(39)41)28-12-5-4-6-13-28)32-14-11-15-33(27-32)43-37-18-9-7-16-34(37)35-17-8-10-19-38(35)43/h4-27H,1-3H3. The molecule has 0 N–H and O–H groups in total. The molecular weight excluding hydrogens is 588 g/mol. The number of hydrogen-bond acceptors (Lipinski definition) is 1. The molecule has 3 heteroatoms. The molecule has 0 bridgehead atoms. The third-order valence-corrected chi connectivity index (χ3v) is 8.85. The van der Waals surface area contributed by atoms with Crippen molar-refractivity contribution in [1.29, 1.82) is 0 Å². The molecular formula is C40H33BrN2. The van der Waals surface area contributed by atoms with Crippen LogP contribution in [0.2, 0.25) is 0 Å². The Morgan fingerprint density at radius 1 is 0.535 bits per heavy atom. The van der Waals surface area contributed by atoms with E-state index in [1.807, 2.05) is 0 Å². The van der Waals surface area contributed by atoms with Crippen LogP contribution < -0.4 is 4.90 Å². The molecule has 0 unspecified atom stereocenters. The van der Waals surface area contributed by atoms with Gasteiger partial charge in [-0.05, 0) is 92.6 Å². The number of para-hydroxylation sites is 2. The summed E-state index contributed by atoms with van der Waals surface area (Å²) in [7, 11) is 0. The highest BCUT2D eigenvalue weighted by atomic mass is 79.9. The summed E-state index contributed by atoms with van der Waals surface area (Å²) in [6.45, 7) is 6.77. The monoisotopic (exact) mass is 620 g/mol. The first-order valence-electron chi connectivity index (χ1n) is 14.7. The lowest BCUT2D eigenvalue weighted by Crippen LogP contribution is -2.13. The molecule has 2 nitrogen and oxygen atoms in total. The molecule has 6 aromatic carbocycles. The van der Waals surface area contributed by atoms with Crippen LogP contribution in [-0.2, 0) is 5.41 Å². The fourth-order valence-electron chi connectivity index (χ4n) is 6.01. The van der Waals surface area contributed by atoms with Crippen LogP contribution in [0.3, 0.4) is 0 Å². The van der Waals surface area contributed by atoms with Crippen molar-refractivity contribution in [2.75, 3.05) is 4.90 Å². The number of anilines is 3. The van der Waals surface area contributed by atoms with Gasteiger partial charge in [0.15, 0.2) is 0 Å². The summed E-state index contributed by atoms with van der Waals surface area (Å²) in [5.74, 6) is 0. The molecule has 0 amide bonds. The Morgan fingerprint density at radius 2 is 1.16 bits per heavy atom. The van der Waals surface area contributed by atoms with Crippen molar-refractivity contribution >= 4 is 54.8 Å². The van der Waals surface area contributed by atoms with E-state index in [1.54, 1.807) is 0 Å². The van der Waals surface area contributed by atoms with Crippen LogP contribution in [0.4, 0.5) is 17.1 Å². The maximum absolute atomic E-state index is 3.96. The zero-order chi connectivity index (χ0) is 29.6. The van der Waals surface area contributed by atoms with Crippen molar-refractivity contribution in [3.8, 4) is 16.8 Å². The van der Waals surface area contributed by atoms with Gasteiger partial charge in [-0.25, -0.2) is 0 Å². The highest BCUT2D eigenvalue weighted by Crippen LogP contribution is 2.42. The summed E-state index contributed by atoms with van der Waals surface area (Å²) < 4.78 is 3.42. The van der Waals surface area contributed by atoms with E-state index < -0.39 is 0 Å². The van der Waals surface area contributed by atoms with Gasteiger partial charge in [-0.3, -0.25) is 0 Å². The van der Waals surface area contributed by atoms with E-state index in [-0.39, 0.29) is 5.41 Å². The van der Waals surface area contributed by atoms with Gasteiger partial charge in [0, 0.05) is 32.3 Å². The number of fused-ring (bicyclic) bond motifs is 3. The van der Waals surface area contributed by atoms with E-state index in [9.17, 15) is 0 Å². The van der Waals surface area contributed by atoms with E-state index in [1.165, 1.54) is 38.5 Å². The second kappa shape index (κ2) is 10.9. The molecule has 7 aromatic rings. The SMILES string of the molecule is CC(C)(C)c1ccc(N(c2cccc(-n3c4ccccc4c4ccccc43)c2)c2ccc(-c3ccccc3)cc2Br)cc1. The zero-order valence-electron chi connectivity index (χ0n) is 24.6. The van der Waals surface area contributed by atoms with Crippen molar-refractivity contribution in [3.63, 3.8) is 0 Å². The molecule has 0 aliphatic carbocycles. The first-order chi connectivity index (χ1) is 20.9. The molecule has 0 atom stereocenters. The molecule has 43 heavy (non-hydrogen) atoms. The van der Waals surface area contributed by atoms with Crippen molar-refractivity contribution in [2.24, 2.45) is 0 Å². The smallest absolute Gasteiger partial charge is 0.0604 e. The van der Waals surface area contributed by atoms with Crippen LogP contribution in [0.15, 0.2) is 150 Å². The Kier molecular flexibility index (Phi) is 6.91. The lowest BCUT2D eigenvalue weighted by Gasteiger charge is -2.28. The molecule has 0 spiro atoms. The number of hydrogen-bond donors (Lipinski definition) is 0. The fourth-order valence-corrected chi connectivity index (χ4v) is 6.56. The van der Waals surface area contributed by atoms with Crippen LogP contribution in [0, 0.1) is 0 Å². The number of rotatable bonds is 5. The molecule has 0 saturated heterocycles. The Bertz CT molecular complexity index is 2010. The maximum atomic E-state index is 3.96. The van der Waals surface area contributed by atoms with Crippen molar-refractivity contribution in [3.05, 3.63) is 156 Å². The van der Waals surface area contributed by atoms with Gasteiger partial charge in [-0.15, -0.1) is 0 Å². The predicted octanol–water partition coefficient (Wildman–Crippen LogP) is 12.0. The highest BCUT2D eigenvalue weighted by Gasteiger charge is 2.20. The number of halogens is 1. The van der Waals surface area contributed by atoms with Gasteiger partial charge < -0.3 is 9.47 Å². The minimum Gasteiger partial charge on any atom is -0.309 e. The highest BCUT2D eigenvalue weighted by molar-refractivity contribution is 9.10. The molecule has 1 aromatic heterocycles. The number of nitrogens with zero attached hydrogens (tertiary/aromatic N) is 2. The molecule has 0 fully saturated rings. The average Bonchev–Trinajstić information content (AvgIpc) is 3.37. The normalized spacial score (nSPS) is 11.7. The number of aromatic nitrogens is 1. The number of benzene rings is 6. The third-order valence-electron chi connectivity index (χ3n) is 8.21. The van der Waals surface area contributed by atoms with E-state index in [0.717, 1.165) is 27.2 Å². The van der Waals surface area contributed by atoms with Gasteiger partial charge in [0.2, 0.25) is 0 Å². The minimum absolute atomic E-state index is 0.0811. The molecule has 1 heterocycles. The van der Waals surface area contributed by atoms with Crippen LogP contribution in [0.1, 0.15) is 26.3 Å². The van der Waals surface area contributed by atoms with E-state index in [4.69, 9.17) is 0 Å². The second-order valence-electron chi connectivity index (χ2n) is 12.1. The van der Waals surface area contributed by atoms with E-state index in [2.05, 4.69) is 192 Å². The van der Waals surface area contributed by atoms with Gasteiger partial charge >= 0.3 is 0 Å². The van der Waals surface area contributed by atoms with Crippen LogP contribution in [0.5, 0.6) is 0 Å². The van der Waals surface area contributed by atoms with Crippen molar-refractivity contribution in [2.45, 2.75) is 26.2 Å². The summed E-state index contributed by atoms with van der Waals surface area (Å²) in [5, 5.41) is 2.52. The summed E-state index contributed by atoms with van der Waals surface area (Å²) in [6, 6.07) is 52.4. The third kappa shape index (κ3) is 5.04. The van der Waals surface area contributed by atoms with E-state index in [0.29, 0.717) is 0 Å². The quantitative estimate of drug-likeness (QED) is 0.186. The van der Waals surface area contributed by atoms with Crippen LogP contribution >= 0.6 is 15.9 Å². The summed E-state index contributed by atoms with van der Waals surface area (Å²) in [6.07, 6.45) is 0. The molecule has 7 rings (SSSR count). The Labute approximate surface area is 262 Å². The first-order valence-corrected chi connectivity index (χ1v) is 15.5. The van der Waals surface area contributed by atoms with Gasteiger partial charge in [0.1, 0.15) is 0 Å². The van der Waals surface area contributed by atoms with Gasteiger partial charge in [0.05, 0.1) is 16.7 Å². The zero-order valence-corrected chi connectivity index (χ0v) is 26.2. The molecule has 0 aliphatic rings. The van der Waals surface area contributed by atoms with Crippen molar-refractivity contribution < 1.29 is 0 Å².